The minimum Gasteiger partial charge on any atom is -0.478 e. The molecule has 1 aliphatic carbocycles. The first-order valence-electron chi connectivity index (χ1n) is 7.70. The summed E-state index contributed by atoms with van der Waals surface area (Å²) in [5.74, 6) is -1.38. The molecule has 0 saturated carbocycles. The number of carboxylic acid groups (broad SMARTS) is 1. The molecule has 1 rings (SSSR count). The molecule has 3 amide bonds. The first-order chi connectivity index (χ1) is 10.8. The average Bonchev–Trinajstić information content (AvgIpc) is 2.46. The lowest BCUT2D eigenvalue weighted by Gasteiger charge is -2.38. The largest absolute Gasteiger partial charge is 0.478 e. The number of amides is 3. The third-order valence-electron chi connectivity index (χ3n) is 3.83. The number of hydrogen-bond acceptors (Lipinski definition) is 4. The second-order valence-electron chi connectivity index (χ2n) is 5.58. The molecule has 3 atom stereocenters. The number of ether oxygens (including phenoxy) is 1. The van der Waals surface area contributed by atoms with Crippen molar-refractivity contribution in [3.8, 4) is 0 Å². The summed E-state index contributed by atoms with van der Waals surface area (Å²) < 4.78 is 5.95. The molecule has 8 heteroatoms. The molecule has 23 heavy (non-hydrogen) atoms. The van der Waals surface area contributed by atoms with E-state index in [-0.39, 0.29) is 24.0 Å². The maximum atomic E-state index is 11.5. The monoisotopic (exact) mass is 327 g/mol. The molecule has 1 aliphatic rings. The van der Waals surface area contributed by atoms with Crippen molar-refractivity contribution in [3.05, 3.63) is 11.6 Å². The zero-order chi connectivity index (χ0) is 17.6. The maximum absolute atomic E-state index is 11.5. The van der Waals surface area contributed by atoms with Gasteiger partial charge in [-0.15, -0.1) is 0 Å². The van der Waals surface area contributed by atoms with Crippen LogP contribution in [0.2, 0.25) is 0 Å². The van der Waals surface area contributed by atoms with E-state index in [2.05, 4.69) is 10.6 Å². The summed E-state index contributed by atoms with van der Waals surface area (Å²) in [5.41, 5.74) is 5.29. The van der Waals surface area contributed by atoms with E-state index in [1.165, 1.54) is 13.0 Å². The van der Waals surface area contributed by atoms with Crippen molar-refractivity contribution in [1.82, 2.24) is 10.6 Å². The number of primary amides is 1. The van der Waals surface area contributed by atoms with Gasteiger partial charge in [0.05, 0.1) is 24.3 Å². The Hall–Kier alpha value is -2.09. The molecule has 0 unspecified atom stereocenters. The molecule has 5 N–H and O–H groups in total. The molecule has 8 nitrogen and oxygen atoms in total. The zero-order valence-electron chi connectivity index (χ0n) is 13.7. The predicted molar refractivity (Wildman–Crippen MR) is 83.7 cm³/mol. The van der Waals surface area contributed by atoms with Crippen LogP contribution in [0.1, 0.15) is 40.0 Å². The Bertz CT molecular complexity index is 488. The van der Waals surface area contributed by atoms with E-state index >= 15 is 0 Å². The minimum absolute atomic E-state index is 0.0615. The Morgan fingerprint density at radius 3 is 2.39 bits per heavy atom. The predicted octanol–water partition coefficient (Wildman–Crippen LogP) is 0.517. The number of nitrogens with two attached hydrogens (primary N) is 1. The molecule has 0 bridgehead atoms. The first kappa shape index (κ1) is 19.0. The van der Waals surface area contributed by atoms with Crippen LogP contribution in [0.4, 0.5) is 4.79 Å². The molecular formula is C15H25N3O5. The van der Waals surface area contributed by atoms with E-state index in [0.717, 1.165) is 12.8 Å². The van der Waals surface area contributed by atoms with Crippen LogP contribution < -0.4 is 16.4 Å². The standard InChI is InChI=1S/C15H25N3O5/c1-4-10(5-2)23-12-7-9(14(20)21)6-11(18-15(16)22)13(12)17-8(3)19/h7,10-13H,4-6H2,1-3H3,(H,17,19)(H,20,21)(H3,16,18,22)/t11-,12+,13+/m0/s1. The highest BCUT2D eigenvalue weighted by molar-refractivity contribution is 5.87. The van der Waals surface area contributed by atoms with Crippen LogP contribution in [0.15, 0.2) is 11.6 Å². The summed E-state index contributed by atoms with van der Waals surface area (Å²) in [4.78, 5) is 34.0. The van der Waals surface area contributed by atoms with Crippen LogP contribution >= 0.6 is 0 Å². The molecule has 0 aromatic heterocycles. The van der Waals surface area contributed by atoms with E-state index < -0.39 is 30.2 Å². The second kappa shape index (κ2) is 8.52. The number of nitrogens with one attached hydrogen (secondary N) is 2. The summed E-state index contributed by atoms with van der Waals surface area (Å²) in [6.07, 6.45) is 2.34. The summed E-state index contributed by atoms with van der Waals surface area (Å²) in [7, 11) is 0. The molecule has 0 spiro atoms. The third kappa shape index (κ3) is 5.55. The Morgan fingerprint density at radius 2 is 1.96 bits per heavy atom. The first-order valence-corrected chi connectivity index (χ1v) is 7.70. The van der Waals surface area contributed by atoms with Gasteiger partial charge in [-0.3, -0.25) is 4.79 Å². The molecule has 0 radical (unpaired) electrons. The lowest BCUT2D eigenvalue weighted by atomic mass is 9.87. The molecule has 130 valence electrons. The number of carboxylic acids is 1. The van der Waals surface area contributed by atoms with Crippen molar-refractivity contribution in [3.63, 3.8) is 0 Å². The van der Waals surface area contributed by atoms with Gasteiger partial charge in [0.15, 0.2) is 0 Å². The fraction of sp³-hybridized carbons (Fsp3) is 0.667. The zero-order valence-corrected chi connectivity index (χ0v) is 13.7. The molecule has 0 fully saturated rings. The number of carbonyl (C=O) groups excluding carboxylic acids is 2. The van der Waals surface area contributed by atoms with E-state index in [1.807, 2.05) is 13.8 Å². The number of carbonyl (C=O) groups is 3. The van der Waals surface area contributed by atoms with E-state index in [9.17, 15) is 19.5 Å². The Labute approximate surface area is 135 Å². The van der Waals surface area contributed by atoms with Crippen LogP contribution in [-0.2, 0) is 14.3 Å². The fourth-order valence-electron chi connectivity index (χ4n) is 2.69. The normalized spacial score (nSPS) is 24.0. The van der Waals surface area contributed by atoms with Gasteiger partial charge in [0.2, 0.25) is 5.91 Å². The van der Waals surface area contributed by atoms with Crippen LogP contribution in [-0.4, -0.2) is 47.3 Å². The molecule has 0 aliphatic heterocycles. The van der Waals surface area contributed by atoms with Gasteiger partial charge in [-0.1, -0.05) is 13.8 Å². The van der Waals surface area contributed by atoms with Gasteiger partial charge in [-0.05, 0) is 18.9 Å². The smallest absolute Gasteiger partial charge is 0.331 e. The summed E-state index contributed by atoms with van der Waals surface area (Å²) in [6, 6.07) is -2.01. The highest BCUT2D eigenvalue weighted by Gasteiger charge is 2.37. The van der Waals surface area contributed by atoms with E-state index in [4.69, 9.17) is 10.5 Å². The van der Waals surface area contributed by atoms with E-state index in [0.29, 0.717) is 0 Å². The van der Waals surface area contributed by atoms with Crippen molar-refractivity contribution < 1.29 is 24.2 Å². The van der Waals surface area contributed by atoms with Crippen LogP contribution in [0.5, 0.6) is 0 Å². The van der Waals surface area contributed by atoms with Gasteiger partial charge in [0, 0.05) is 18.9 Å². The number of hydrogen-bond donors (Lipinski definition) is 4. The number of aliphatic carboxylic acids is 1. The molecule has 0 aromatic rings. The van der Waals surface area contributed by atoms with Gasteiger partial charge >= 0.3 is 12.0 Å². The van der Waals surface area contributed by atoms with Crippen LogP contribution in [0.3, 0.4) is 0 Å². The Morgan fingerprint density at radius 1 is 1.35 bits per heavy atom. The Balaban J connectivity index is 3.12. The second-order valence-corrected chi connectivity index (χ2v) is 5.58. The third-order valence-corrected chi connectivity index (χ3v) is 3.83. The highest BCUT2D eigenvalue weighted by Crippen LogP contribution is 2.24. The van der Waals surface area contributed by atoms with Crippen molar-refractivity contribution in [2.24, 2.45) is 5.73 Å². The highest BCUT2D eigenvalue weighted by atomic mass is 16.5. The van der Waals surface area contributed by atoms with Gasteiger partial charge in [0.1, 0.15) is 0 Å². The Kier molecular flexibility index (Phi) is 7.02. The quantitative estimate of drug-likeness (QED) is 0.541. The van der Waals surface area contributed by atoms with Crippen molar-refractivity contribution >= 4 is 17.9 Å². The van der Waals surface area contributed by atoms with Crippen molar-refractivity contribution in [2.45, 2.75) is 64.3 Å². The fourth-order valence-corrected chi connectivity index (χ4v) is 2.69. The summed E-state index contributed by atoms with van der Waals surface area (Å²) >= 11 is 0. The van der Waals surface area contributed by atoms with Gasteiger partial charge < -0.3 is 26.2 Å². The summed E-state index contributed by atoms with van der Waals surface area (Å²) in [6.45, 7) is 5.28. The van der Waals surface area contributed by atoms with Crippen molar-refractivity contribution in [2.75, 3.05) is 0 Å². The SMILES string of the molecule is CCC(CC)O[C@@H]1C=C(C(=O)O)C[C@H](NC(N)=O)[C@H]1NC(C)=O. The van der Waals surface area contributed by atoms with Crippen LogP contribution in [0.25, 0.3) is 0 Å². The number of urea groups is 1. The molecular weight excluding hydrogens is 302 g/mol. The summed E-state index contributed by atoms with van der Waals surface area (Å²) in [5, 5.41) is 14.5. The van der Waals surface area contributed by atoms with Gasteiger partial charge in [-0.2, -0.15) is 0 Å². The average molecular weight is 327 g/mol. The van der Waals surface area contributed by atoms with Gasteiger partial charge in [0.25, 0.3) is 0 Å². The van der Waals surface area contributed by atoms with Crippen LogP contribution in [0, 0.1) is 0 Å². The topological polar surface area (TPSA) is 131 Å². The van der Waals surface area contributed by atoms with Crippen molar-refractivity contribution in [1.29, 1.82) is 0 Å². The number of rotatable bonds is 7. The maximum Gasteiger partial charge on any atom is 0.331 e. The molecule has 0 aromatic carbocycles. The minimum atomic E-state index is -1.08. The lowest BCUT2D eigenvalue weighted by molar-refractivity contribution is -0.133. The molecule has 0 heterocycles. The lowest BCUT2D eigenvalue weighted by Crippen LogP contribution is -2.60. The molecule has 0 saturated heterocycles. The van der Waals surface area contributed by atoms with E-state index in [1.54, 1.807) is 0 Å². The van der Waals surface area contributed by atoms with Gasteiger partial charge in [-0.25, -0.2) is 9.59 Å².